The minimum absolute atomic E-state index is 0.163. The fourth-order valence-corrected chi connectivity index (χ4v) is 2.42. The molecule has 3 nitrogen and oxygen atoms in total. The Balaban J connectivity index is 2.46. The first-order chi connectivity index (χ1) is 9.61. The minimum Gasteiger partial charge on any atom is -0.491 e. The van der Waals surface area contributed by atoms with Crippen LogP contribution in [-0.4, -0.2) is 16.1 Å². The number of hydrogen-bond donors (Lipinski definition) is 1. The Hall–Kier alpha value is -1.68. The van der Waals surface area contributed by atoms with Crippen LogP contribution < -0.4 is 4.74 Å². The molecule has 0 unspecified atom stereocenters. The molecule has 0 radical (unpaired) electrons. The van der Waals surface area contributed by atoms with Crippen molar-refractivity contribution in [1.29, 1.82) is 0 Å². The lowest BCUT2D eigenvalue weighted by Gasteiger charge is -2.13. The van der Waals surface area contributed by atoms with Gasteiger partial charge in [-0.2, -0.15) is 0 Å². The van der Waals surface area contributed by atoms with Gasteiger partial charge in [-0.05, 0) is 32.4 Å². The molecule has 0 bridgehead atoms. The predicted molar refractivity (Wildman–Crippen MR) is 84.6 cm³/mol. The number of H-pyrrole nitrogens is 1. The molecule has 2 aromatic rings. The van der Waals surface area contributed by atoms with Crippen LogP contribution in [0.15, 0.2) is 30.6 Å². The number of hydrogen-bond acceptors (Lipinski definition) is 3. The topological polar surface area (TPSA) is 37.9 Å². The van der Waals surface area contributed by atoms with Gasteiger partial charge in [0.1, 0.15) is 10.4 Å². The molecule has 1 N–H and O–H groups in total. The third kappa shape index (κ3) is 3.45. The molecule has 1 aromatic carbocycles. The Bertz CT molecular complexity index is 634. The molecule has 0 saturated carbocycles. The second-order valence-corrected chi connectivity index (χ2v) is 5.39. The van der Waals surface area contributed by atoms with Gasteiger partial charge < -0.3 is 9.72 Å². The van der Waals surface area contributed by atoms with Crippen molar-refractivity contribution in [3.05, 3.63) is 40.8 Å². The van der Waals surface area contributed by atoms with Crippen LogP contribution in [-0.2, 0) is 6.42 Å². The molecule has 0 aliphatic heterocycles. The first-order valence-corrected chi connectivity index (χ1v) is 7.36. The second kappa shape index (κ2) is 6.66. The summed E-state index contributed by atoms with van der Waals surface area (Å²) in [6.07, 6.45) is 3.79. The first-order valence-electron chi connectivity index (χ1n) is 6.95. The zero-order valence-electron chi connectivity index (χ0n) is 12.1. The molecule has 0 aliphatic carbocycles. The van der Waals surface area contributed by atoms with Gasteiger partial charge in [0.25, 0.3) is 0 Å². The van der Waals surface area contributed by atoms with E-state index in [9.17, 15) is 0 Å². The van der Waals surface area contributed by atoms with Crippen molar-refractivity contribution in [2.45, 2.75) is 39.7 Å². The van der Waals surface area contributed by atoms with Crippen LogP contribution in [0.3, 0.4) is 0 Å². The molecule has 4 heteroatoms. The predicted octanol–water partition coefficient (Wildman–Crippen LogP) is 4.55. The Morgan fingerprint density at radius 2 is 2.15 bits per heavy atom. The molecule has 0 spiro atoms. The molecule has 0 atom stereocenters. The van der Waals surface area contributed by atoms with Crippen LogP contribution in [0, 0.1) is 4.64 Å². The van der Waals surface area contributed by atoms with Crippen molar-refractivity contribution in [3.8, 4) is 17.0 Å². The smallest absolute Gasteiger partial charge is 0.133 e. The number of aromatic nitrogens is 2. The maximum absolute atomic E-state index is 5.75. The van der Waals surface area contributed by atoms with Crippen LogP contribution in [0.1, 0.15) is 32.8 Å². The third-order valence-corrected chi connectivity index (χ3v) is 3.30. The van der Waals surface area contributed by atoms with Crippen molar-refractivity contribution in [1.82, 2.24) is 9.97 Å². The molecular weight excluding hydrogens is 268 g/mol. The van der Waals surface area contributed by atoms with Gasteiger partial charge in [0.2, 0.25) is 0 Å². The van der Waals surface area contributed by atoms with E-state index >= 15 is 0 Å². The lowest BCUT2D eigenvalue weighted by molar-refractivity contribution is 0.242. The van der Waals surface area contributed by atoms with Crippen molar-refractivity contribution in [2.75, 3.05) is 0 Å². The van der Waals surface area contributed by atoms with Gasteiger partial charge >= 0.3 is 0 Å². The highest BCUT2D eigenvalue weighted by Gasteiger charge is 2.09. The van der Waals surface area contributed by atoms with Crippen LogP contribution in [0.25, 0.3) is 11.3 Å². The molecule has 0 amide bonds. The molecule has 1 heterocycles. The molecule has 0 fully saturated rings. The largest absolute Gasteiger partial charge is 0.491 e. The van der Waals surface area contributed by atoms with Gasteiger partial charge in [-0.25, -0.2) is 4.98 Å². The summed E-state index contributed by atoms with van der Waals surface area (Å²) in [6, 6.07) is 8.07. The zero-order valence-corrected chi connectivity index (χ0v) is 13.0. The van der Waals surface area contributed by atoms with E-state index in [0.717, 1.165) is 35.4 Å². The Labute approximate surface area is 125 Å². The van der Waals surface area contributed by atoms with E-state index in [-0.39, 0.29) is 6.10 Å². The summed E-state index contributed by atoms with van der Waals surface area (Å²) < 4.78 is 6.43. The van der Waals surface area contributed by atoms with E-state index < -0.39 is 0 Å². The molecule has 1 aromatic heterocycles. The van der Waals surface area contributed by atoms with E-state index in [1.54, 1.807) is 6.33 Å². The van der Waals surface area contributed by atoms with Crippen LogP contribution >= 0.6 is 12.2 Å². The summed E-state index contributed by atoms with van der Waals surface area (Å²) in [4.78, 5) is 7.41. The Morgan fingerprint density at radius 1 is 1.35 bits per heavy atom. The first kappa shape index (κ1) is 14.7. The van der Waals surface area contributed by atoms with Crippen molar-refractivity contribution < 1.29 is 4.74 Å². The Morgan fingerprint density at radius 3 is 2.85 bits per heavy atom. The molecule has 0 aliphatic rings. The van der Waals surface area contributed by atoms with E-state index in [2.05, 4.69) is 23.0 Å². The van der Waals surface area contributed by atoms with E-state index in [1.807, 2.05) is 32.0 Å². The van der Waals surface area contributed by atoms with Crippen LogP contribution in [0.2, 0.25) is 0 Å². The number of rotatable bonds is 5. The summed E-state index contributed by atoms with van der Waals surface area (Å²) in [7, 11) is 0. The average molecular weight is 288 g/mol. The highest BCUT2D eigenvalue weighted by Crippen LogP contribution is 2.26. The molecule has 2 rings (SSSR count). The van der Waals surface area contributed by atoms with Gasteiger partial charge in [0, 0.05) is 11.1 Å². The van der Waals surface area contributed by atoms with E-state index in [1.165, 1.54) is 0 Å². The number of benzene rings is 1. The maximum Gasteiger partial charge on any atom is 0.133 e. The van der Waals surface area contributed by atoms with Crippen LogP contribution in [0.5, 0.6) is 5.75 Å². The fraction of sp³-hybridized carbons (Fsp3) is 0.375. The minimum atomic E-state index is 0.163. The summed E-state index contributed by atoms with van der Waals surface area (Å²) in [5.41, 5.74) is 3.23. The summed E-state index contributed by atoms with van der Waals surface area (Å²) in [5.74, 6) is 0.871. The number of nitrogens with zero attached hydrogens (tertiary/aromatic N) is 1. The van der Waals surface area contributed by atoms with Crippen molar-refractivity contribution in [3.63, 3.8) is 0 Å². The highest BCUT2D eigenvalue weighted by molar-refractivity contribution is 7.71. The second-order valence-electron chi connectivity index (χ2n) is 5.01. The molecule has 20 heavy (non-hydrogen) atoms. The standard InChI is InChI=1S/C16H20N2OS/c1-4-6-14-15(17-10-18-16(14)20)12-7-5-8-13(9-12)19-11(2)3/h5,7-11H,4,6H2,1-3H3,(H,17,18,20). The van der Waals surface area contributed by atoms with Gasteiger partial charge in [-0.1, -0.05) is 37.7 Å². The highest BCUT2D eigenvalue weighted by atomic mass is 32.1. The SMILES string of the molecule is CCCc1c(-c2cccc(OC(C)C)c2)[nH]cnc1=S. The monoisotopic (exact) mass is 288 g/mol. The molecular formula is C16H20N2OS. The maximum atomic E-state index is 5.75. The molecule has 0 saturated heterocycles. The van der Waals surface area contributed by atoms with E-state index in [0.29, 0.717) is 4.64 Å². The number of aromatic amines is 1. The fourth-order valence-electron chi connectivity index (χ4n) is 2.16. The summed E-state index contributed by atoms with van der Waals surface area (Å²) in [6.45, 7) is 6.19. The van der Waals surface area contributed by atoms with Gasteiger partial charge in [0.05, 0.1) is 18.1 Å². The lowest BCUT2D eigenvalue weighted by Crippen LogP contribution is -2.05. The Kier molecular flexibility index (Phi) is 4.90. The quantitative estimate of drug-likeness (QED) is 0.820. The summed E-state index contributed by atoms with van der Waals surface area (Å²) in [5, 5.41) is 0. The molecule has 106 valence electrons. The summed E-state index contributed by atoms with van der Waals surface area (Å²) >= 11 is 5.35. The van der Waals surface area contributed by atoms with Gasteiger partial charge in [-0.3, -0.25) is 0 Å². The van der Waals surface area contributed by atoms with Gasteiger partial charge in [0.15, 0.2) is 0 Å². The van der Waals surface area contributed by atoms with E-state index in [4.69, 9.17) is 17.0 Å². The van der Waals surface area contributed by atoms with Gasteiger partial charge in [-0.15, -0.1) is 0 Å². The zero-order chi connectivity index (χ0) is 14.5. The third-order valence-electron chi connectivity index (χ3n) is 2.95. The average Bonchev–Trinajstić information content (AvgIpc) is 2.41. The van der Waals surface area contributed by atoms with Crippen molar-refractivity contribution >= 4 is 12.2 Å². The normalized spacial score (nSPS) is 10.8. The lowest BCUT2D eigenvalue weighted by atomic mass is 10.0. The number of nitrogens with one attached hydrogen (secondary N) is 1. The number of ether oxygens (including phenoxy) is 1. The van der Waals surface area contributed by atoms with Crippen LogP contribution in [0.4, 0.5) is 0 Å². The van der Waals surface area contributed by atoms with Crippen molar-refractivity contribution in [2.24, 2.45) is 0 Å².